The van der Waals surface area contributed by atoms with E-state index >= 15 is 0 Å². The normalized spacial score (nSPS) is 26.3. The average molecular weight is 314 g/mol. The van der Waals surface area contributed by atoms with Crippen LogP contribution in [0.3, 0.4) is 0 Å². The first-order chi connectivity index (χ1) is 9.78. The summed E-state index contributed by atoms with van der Waals surface area (Å²) in [7, 11) is -4.21. The number of nitrogens with one attached hydrogen (secondary N) is 1. The monoisotopic (exact) mass is 314 g/mol. The van der Waals surface area contributed by atoms with Gasteiger partial charge in [0.05, 0.1) is 6.07 Å². The lowest BCUT2D eigenvalue weighted by Gasteiger charge is -2.34. The molecule has 1 aliphatic rings. The van der Waals surface area contributed by atoms with Crippen LogP contribution in [0.1, 0.15) is 32.6 Å². The van der Waals surface area contributed by atoms with E-state index in [1.54, 1.807) is 0 Å². The molecule has 7 heteroatoms. The molecule has 4 nitrogen and oxygen atoms in total. The Hall–Kier alpha value is -1.52. The second kappa shape index (κ2) is 5.70. The van der Waals surface area contributed by atoms with Crippen LogP contribution in [0.25, 0.3) is 0 Å². The van der Waals surface area contributed by atoms with Crippen molar-refractivity contribution in [1.82, 2.24) is 4.72 Å². The lowest BCUT2D eigenvalue weighted by molar-refractivity contribution is 0.277. The van der Waals surface area contributed by atoms with Crippen LogP contribution in [-0.4, -0.2) is 14.0 Å². The van der Waals surface area contributed by atoms with Crippen molar-refractivity contribution in [2.45, 2.75) is 43.0 Å². The Morgan fingerprint density at radius 3 is 2.48 bits per heavy atom. The van der Waals surface area contributed by atoms with Gasteiger partial charge in [-0.15, -0.1) is 0 Å². The van der Waals surface area contributed by atoms with Crippen molar-refractivity contribution in [1.29, 1.82) is 5.26 Å². The molecule has 0 saturated heterocycles. The van der Waals surface area contributed by atoms with Crippen molar-refractivity contribution in [3.63, 3.8) is 0 Å². The summed E-state index contributed by atoms with van der Waals surface area (Å²) in [6, 6.07) is 4.26. The number of nitriles is 1. The lowest BCUT2D eigenvalue weighted by atomic mass is 9.79. The van der Waals surface area contributed by atoms with Crippen LogP contribution in [0.15, 0.2) is 23.1 Å². The van der Waals surface area contributed by atoms with Gasteiger partial charge in [0, 0.05) is 6.07 Å². The van der Waals surface area contributed by atoms with Gasteiger partial charge in [-0.05, 0) is 43.7 Å². The first-order valence-corrected chi connectivity index (χ1v) is 8.17. The van der Waals surface area contributed by atoms with E-state index in [0.717, 1.165) is 25.0 Å². The molecular formula is C14H16F2N2O2S. The molecule has 0 bridgehead atoms. The number of benzene rings is 1. The number of rotatable bonds is 3. The molecule has 1 saturated carbocycles. The smallest absolute Gasteiger partial charge is 0.207 e. The van der Waals surface area contributed by atoms with Crippen molar-refractivity contribution in [3.8, 4) is 6.07 Å². The highest BCUT2D eigenvalue weighted by atomic mass is 32.2. The fourth-order valence-corrected chi connectivity index (χ4v) is 3.93. The summed E-state index contributed by atoms with van der Waals surface area (Å²) in [6.07, 6.45) is 2.21. The van der Waals surface area contributed by atoms with Crippen LogP contribution >= 0.6 is 0 Å². The molecular weight excluding hydrogens is 298 g/mol. The van der Waals surface area contributed by atoms with E-state index < -0.39 is 32.1 Å². The van der Waals surface area contributed by atoms with Crippen molar-refractivity contribution >= 4 is 10.0 Å². The van der Waals surface area contributed by atoms with E-state index in [4.69, 9.17) is 0 Å². The molecule has 0 aromatic heterocycles. The lowest BCUT2D eigenvalue weighted by Crippen LogP contribution is -2.49. The first-order valence-electron chi connectivity index (χ1n) is 6.68. The highest BCUT2D eigenvalue weighted by Gasteiger charge is 2.39. The molecule has 1 aliphatic carbocycles. The second-order valence-corrected chi connectivity index (χ2v) is 7.21. The largest absolute Gasteiger partial charge is 0.244 e. The average Bonchev–Trinajstić information content (AvgIpc) is 2.41. The highest BCUT2D eigenvalue weighted by Crippen LogP contribution is 2.33. The van der Waals surface area contributed by atoms with Crippen molar-refractivity contribution < 1.29 is 17.2 Å². The number of hydrogen-bond donors (Lipinski definition) is 1. The molecule has 0 spiro atoms. The Bertz CT molecular complexity index is 675. The fourth-order valence-electron chi connectivity index (χ4n) is 2.50. The third kappa shape index (κ3) is 3.39. The highest BCUT2D eigenvalue weighted by molar-refractivity contribution is 7.89. The Morgan fingerprint density at radius 1 is 1.33 bits per heavy atom. The molecule has 0 amide bonds. The molecule has 1 N–H and O–H groups in total. The second-order valence-electron chi connectivity index (χ2n) is 5.56. The summed E-state index contributed by atoms with van der Waals surface area (Å²) in [5, 5.41) is 9.32. The maximum Gasteiger partial charge on any atom is 0.244 e. The minimum Gasteiger partial charge on any atom is -0.207 e. The molecule has 1 fully saturated rings. The summed E-state index contributed by atoms with van der Waals surface area (Å²) in [4.78, 5) is -0.642. The van der Waals surface area contributed by atoms with E-state index in [2.05, 4.69) is 4.72 Å². The van der Waals surface area contributed by atoms with Gasteiger partial charge in [-0.1, -0.05) is 6.92 Å². The van der Waals surface area contributed by atoms with E-state index in [-0.39, 0.29) is 0 Å². The standard InChI is InChI=1S/C14H16F2N2O2S/c1-10-4-6-14(9-17,7-5-10)18-21(19,20)13-3-2-11(15)8-12(13)16/h2-3,8,10,18H,4-7H2,1H3. The van der Waals surface area contributed by atoms with Gasteiger partial charge in [0.15, 0.2) is 0 Å². The van der Waals surface area contributed by atoms with Gasteiger partial charge in [-0.3, -0.25) is 0 Å². The van der Waals surface area contributed by atoms with Gasteiger partial charge >= 0.3 is 0 Å². The van der Waals surface area contributed by atoms with Crippen LogP contribution in [0, 0.1) is 28.9 Å². The van der Waals surface area contributed by atoms with E-state index in [1.165, 1.54) is 0 Å². The zero-order valence-corrected chi connectivity index (χ0v) is 12.4. The van der Waals surface area contributed by atoms with Gasteiger partial charge in [-0.2, -0.15) is 9.98 Å². The molecule has 21 heavy (non-hydrogen) atoms. The zero-order valence-electron chi connectivity index (χ0n) is 11.6. The quantitative estimate of drug-likeness (QED) is 0.932. The Balaban J connectivity index is 2.30. The summed E-state index contributed by atoms with van der Waals surface area (Å²) in [5.41, 5.74) is -1.22. The Morgan fingerprint density at radius 2 is 1.95 bits per heavy atom. The van der Waals surface area contributed by atoms with Gasteiger partial charge in [0.1, 0.15) is 22.1 Å². The van der Waals surface area contributed by atoms with E-state index in [9.17, 15) is 22.5 Å². The molecule has 2 rings (SSSR count). The molecule has 1 aromatic carbocycles. The molecule has 0 atom stereocenters. The molecule has 0 radical (unpaired) electrons. The van der Waals surface area contributed by atoms with Gasteiger partial charge in [-0.25, -0.2) is 17.2 Å². The number of sulfonamides is 1. The van der Waals surface area contributed by atoms with Crippen LogP contribution in [-0.2, 0) is 10.0 Å². The Labute approximate surface area is 122 Å². The summed E-state index contributed by atoms with van der Waals surface area (Å²) < 4.78 is 53.3. The first kappa shape index (κ1) is 15.9. The summed E-state index contributed by atoms with van der Waals surface area (Å²) in [5.74, 6) is -1.59. The van der Waals surface area contributed by atoms with E-state index in [1.807, 2.05) is 13.0 Å². The summed E-state index contributed by atoms with van der Waals surface area (Å²) in [6.45, 7) is 2.04. The van der Waals surface area contributed by atoms with Crippen molar-refractivity contribution in [3.05, 3.63) is 29.8 Å². The number of nitrogens with zero attached hydrogens (tertiary/aromatic N) is 1. The van der Waals surface area contributed by atoms with Crippen LogP contribution < -0.4 is 4.72 Å². The van der Waals surface area contributed by atoms with Crippen LogP contribution in [0.4, 0.5) is 8.78 Å². The van der Waals surface area contributed by atoms with E-state index in [0.29, 0.717) is 24.8 Å². The minimum absolute atomic E-state index is 0.382. The molecule has 1 aromatic rings. The predicted molar refractivity (Wildman–Crippen MR) is 72.7 cm³/mol. The van der Waals surface area contributed by atoms with Crippen LogP contribution in [0.5, 0.6) is 0 Å². The van der Waals surface area contributed by atoms with Crippen molar-refractivity contribution in [2.24, 2.45) is 5.92 Å². The number of halogens is 2. The third-order valence-electron chi connectivity index (χ3n) is 3.86. The maximum atomic E-state index is 13.6. The molecule has 114 valence electrons. The zero-order chi connectivity index (χ0) is 15.7. The number of hydrogen-bond acceptors (Lipinski definition) is 3. The molecule has 0 aliphatic heterocycles. The fraction of sp³-hybridized carbons (Fsp3) is 0.500. The van der Waals surface area contributed by atoms with Crippen molar-refractivity contribution in [2.75, 3.05) is 0 Å². The van der Waals surface area contributed by atoms with Gasteiger partial charge < -0.3 is 0 Å². The minimum atomic E-state index is -4.21. The SMILES string of the molecule is CC1CCC(C#N)(NS(=O)(=O)c2ccc(F)cc2F)CC1. The van der Waals surface area contributed by atoms with Crippen LogP contribution in [0.2, 0.25) is 0 Å². The predicted octanol–water partition coefficient (Wildman–Crippen LogP) is 2.72. The van der Waals surface area contributed by atoms with Gasteiger partial charge in [0.2, 0.25) is 10.0 Å². The Kier molecular flexibility index (Phi) is 4.30. The third-order valence-corrected chi connectivity index (χ3v) is 5.42. The maximum absolute atomic E-state index is 13.6. The molecule has 0 unspecified atom stereocenters. The summed E-state index contributed by atoms with van der Waals surface area (Å²) >= 11 is 0. The molecule has 0 heterocycles. The van der Waals surface area contributed by atoms with Gasteiger partial charge in [0.25, 0.3) is 0 Å². The topological polar surface area (TPSA) is 70.0 Å².